The van der Waals surface area contributed by atoms with Crippen molar-refractivity contribution in [1.82, 2.24) is 4.90 Å². The lowest BCUT2D eigenvalue weighted by molar-refractivity contribution is 0.0688. The fraction of sp³-hybridized carbons (Fsp3) is 0.150. The molecule has 238 valence electrons. The number of phenols is 2. The molecule has 0 aromatic heterocycles. The van der Waals surface area contributed by atoms with Crippen LogP contribution in [0.25, 0.3) is 21.5 Å². The highest BCUT2D eigenvalue weighted by atomic mass is 16.4. The van der Waals surface area contributed by atoms with Gasteiger partial charge in [0.2, 0.25) is 0 Å². The predicted octanol–water partition coefficient (Wildman–Crippen LogP) is 8.14. The molecule has 0 aliphatic carbocycles. The van der Waals surface area contributed by atoms with Gasteiger partial charge in [0.25, 0.3) is 0 Å². The molecule has 0 bridgehead atoms. The first kappa shape index (κ1) is 32.7. The van der Waals surface area contributed by atoms with Crippen molar-refractivity contribution >= 4 is 33.5 Å². The molecule has 0 saturated heterocycles. The van der Waals surface area contributed by atoms with E-state index in [1.807, 2.05) is 0 Å². The summed E-state index contributed by atoms with van der Waals surface area (Å²) in [7, 11) is 2.20. The number of aromatic carboxylic acids is 2. The Hall–Kier alpha value is -5.66. The van der Waals surface area contributed by atoms with Gasteiger partial charge >= 0.3 is 11.9 Å². The topological polar surface area (TPSA) is 118 Å². The maximum atomic E-state index is 11.6. The quantitative estimate of drug-likeness (QED) is 0.128. The smallest absolute Gasteiger partial charge is 0.336 e. The number of carbonyl (C=O) groups is 2. The Morgan fingerprint density at radius 3 is 1.40 bits per heavy atom. The van der Waals surface area contributed by atoms with Crippen LogP contribution in [-0.4, -0.2) is 50.4 Å². The number of carboxylic acid groups (broad SMARTS) is 2. The van der Waals surface area contributed by atoms with Crippen LogP contribution in [0.5, 0.6) is 11.5 Å². The zero-order chi connectivity index (χ0) is 33.5. The van der Waals surface area contributed by atoms with Crippen LogP contribution in [0.2, 0.25) is 0 Å². The molecule has 47 heavy (non-hydrogen) atoms. The molecule has 0 saturated carbocycles. The minimum Gasteiger partial charge on any atom is -0.508 e. The standard InChI is InChI=1S/C23H16O6.C17H21N/c24-20-10-18(22(26)27)14-7-3-1-5-12(14)16(20)9-17-13-6-2-4-8-15(13)19(23(28)29)11-21(17)25;1-15(13-16-9-5-3-6-10-16)18(2)14-17-11-7-4-8-12-17/h1-8,10-11,24-25H,9H2,(H,26,27)(H,28,29);3-12,15H,13-14H2,1-2H3. The molecule has 1 atom stereocenters. The summed E-state index contributed by atoms with van der Waals surface area (Å²) in [6.45, 7) is 3.30. The van der Waals surface area contributed by atoms with Gasteiger partial charge in [-0.25, -0.2) is 9.59 Å². The van der Waals surface area contributed by atoms with Crippen molar-refractivity contribution in [2.75, 3.05) is 7.05 Å². The Kier molecular flexibility index (Phi) is 10.2. The first-order chi connectivity index (χ1) is 22.6. The number of benzene rings is 6. The second-order valence-electron chi connectivity index (χ2n) is 11.7. The summed E-state index contributed by atoms with van der Waals surface area (Å²) in [5.41, 5.74) is 3.65. The number of nitrogens with zero attached hydrogens (tertiary/aromatic N) is 1. The van der Waals surface area contributed by atoms with Gasteiger partial charge in [-0.3, -0.25) is 4.90 Å². The Morgan fingerprint density at radius 2 is 0.979 bits per heavy atom. The Balaban J connectivity index is 0.000000207. The van der Waals surface area contributed by atoms with Crippen LogP contribution in [0.15, 0.2) is 121 Å². The highest BCUT2D eigenvalue weighted by Gasteiger charge is 2.20. The van der Waals surface area contributed by atoms with E-state index in [0.717, 1.165) is 13.0 Å². The first-order valence-corrected chi connectivity index (χ1v) is 15.4. The Bertz CT molecular complexity index is 1880. The highest BCUT2D eigenvalue weighted by Crippen LogP contribution is 2.37. The molecule has 6 rings (SSSR count). The summed E-state index contributed by atoms with van der Waals surface area (Å²) < 4.78 is 0. The van der Waals surface area contributed by atoms with Crippen LogP contribution in [0, 0.1) is 0 Å². The van der Waals surface area contributed by atoms with Crippen molar-refractivity contribution in [3.8, 4) is 11.5 Å². The molecule has 7 heteroatoms. The molecule has 6 aromatic carbocycles. The average Bonchev–Trinajstić information content (AvgIpc) is 3.07. The lowest BCUT2D eigenvalue weighted by Gasteiger charge is -2.24. The summed E-state index contributed by atoms with van der Waals surface area (Å²) in [4.78, 5) is 25.5. The van der Waals surface area contributed by atoms with Gasteiger partial charge < -0.3 is 20.4 Å². The maximum absolute atomic E-state index is 11.6. The molecule has 0 aliphatic heterocycles. The van der Waals surface area contributed by atoms with Crippen LogP contribution in [0.3, 0.4) is 0 Å². The number of phenolic OH excluding ortho intramolecular Hbond substituents is 2. The van der Waals surface area contributed by atoms with E-state index in [0.29, 0.717) is 38.7 Å². The van der Waals surface area contributed by atoms with Gasteiger partial charge in [-0.1, -0.05) is 109 Å². The van der Waals surface area contributed by atoms with Crippen LogP contribution in [-0.2, 0) is 19.4 Å². The van der Waals surface area contributed by atoms with E-state index < -0.39 is 11.9 Å². The Morgan fingerprint density at radius 1 is 0.596 bits per heavy atom. The van der Waals surface area contributed by atoms with Gasteiger partial charge in [-0.05, 0) is 65.2 Å². The highest BCUT2D eigenvalue weighted by molar-refractivity contribution is 6.07. The molecule has 0 aliphatic rings. The lowest BCUT2D eigenvalue weighted by Crippen LogP contribution is -2.30. The average molecular weight is 628 g/mol. The van der Waals surface area contributed by atoms with E-state index in [9.17, 15) is 30.0 Å². The normalized spacial score (nSPS) is 11.6. The fourth-order valence-electron chi connectivity index (χ4n) is 5.88. The molecule has 0 fully saturated rings. The molecule has 1 unspecified atom stereocenters. The molecule has 7 nitrogen and oxygen atoms in total. The van der Waals surface area contributed by atoms with E-state index in [2.05, 4.69) is 79.5 Å². The first-order valence-electron chi connectivity index (χ1n) is 15.4. The van der Waals surface area contributed by atoms with E-state index in [-0.39, 0.29) is 29.0 Å². The monoisotopic (exact) mass is 627 g/mol. The summed E-state index contributed by atoms with van der Waals surface area (Å²) in [5.74, 6) is -2.71. The third kappa shape index (κ3) is 7.60. The SMILES string of the molecule is CC(Cc1ccccc1)N(C)Cc1ccccc1.O=C(O)c1cc(O)c(Cc2c(O)cc(C(=O)O)c3ccccc23)c2ccccc12. The molecule has 0 spiro atoms. The zero-order valence-electron chi connectivity index (χ0n) is 26.3. The number of rotatable bonds is 9. The van der Waals surface area contributed by atoms with Crippen molar-refractivity contribution in [2.45, 2.75) is 32.4 Å². The number of hydrogen-bond donors (Lipinski definition) is 4. The third-order valence-corrected chi connectivity index (χ3v) is 8.48. The Labute approximate surface area is 273 Å². The summed E-state index contributed by atoms with van der Waals surface area (Å²) in [6, 6.07) is 37.9. The molecule has 0 radical (unpaired) electrons. The van der Waals surface area contributed by atoms with Crippen LogP contribution < -0.4 is 0 Å². The summed E-state index contributed by atoms with van der Waals surface area (Å²) in [6.07, 6.45) is 1.20. The lowest BCUT2D eigenvalue weighted by atomic mass is 9.90. The maximum Gasteiger partial charge on any atom is 0.336 e. The number of likely N-dealkylation sites (N-methyl/N-ethyl adjacent to an activating group) is 1. The number of fused-ring (bicyclic) bond motifs is 2. The van der Waals surface area contributed by atoms with Crippen molar-refractivity contribution < 1.29 is 30.0 Å². The summed E-state index contributed by atoms with van der Waals surface area (Å²) in [5, 5.41) is 42.1. The van der Waals surface area contributed by atoms with Crippen LogP contribution in [0.4, 0.5) is 0 Å². The van der Waals surface area contributed by atoms with Crippen molar-refractivity contribution in [3.63, 3.8) is 0 Å². The van der Waals surface area contributed by atoms with Gasteiger partial charge in [0.1, 0.15) is 11.5 Å². The molecule has 0 amide bonds. The van der Waals surface area contributed by atoms with Crippen LogP contribution >= 0.6 is 0 Å². The third-order valence-electron chi connectivity index (χ3n) is 8.48. The molecule has 0 heterocycles. The second-order valence-corrected chi connectivity index (χ2v) is 11.7. The number of hydrogen-bond acceptors (Lipinski definition) is 5. The molecule has 4 N–H and O–H groups in total. The van der Waals surface area contributed by atoms with E-state index in [1.54, 1.807) is 48.5 Å². The van der Waals surface area contributed by atoms with E-state index >= 15 is 0 Å². The fourth-order valence-corrected chi connectivity index (χ4v) is 5.88. The molecule has 6 aromatic rings. The van der Waals surface area contributed by atoms with Crippen LogP contribution in [0.1, 0.15) is 49.9 Å². The number of carboxylic acids is 2. The van der Waals surface area contributed by atoms with Gasteiger partial charge in [0.05, 0.1) is 11.1 Å². The number of aromatic hydroxyl groups is 2. The second kappa shape index (κ2) is 14.6. The predicted molar refractivity (Wildman–Crippen MR) is 185 cm³/mol. The van der Waals surface area contributed by atoms with Gasteiger partial charge in [-0.2, -0.15) is 0 Å². The van der Waals surface area contributed by atoms with Gasteiger partial charge in [-0.15, -0.1) is 0 Å². The largest absolute Gasteiger partial charge is 0.508 e. The van der Waals surface area contributed by atoms with Crippen molar-refractivity contribution in [2.24, 2.45) is 0 Å². The molecular formula is C40H37NO6. The van der Waals surface area contributed by atoms with Gasteiger partial charge in [0, 0.05) is 30.1 Å². The minimum absolute atomic E-state index is 0.0165. The van der Waals surface area contributed by atoms with Gasteiger partial charge in [0.15, 0.2) is 0 Å². The van der Waals surface area contributed by atoms with Crippen molar-refractivity contribution in [3.05, 3.63) is 155 Å². The van der Waals surface area contributed by atoms with E-state index in [4.69, 9.17) is 0 Å². The molecular weight excluding hydrogens is 590 g/mol. The van der Waals surface area contributed by atoms with Crippen molar-refractivity contribution in [1.29, 1.82) is 0 Å². The van der Waals surface area contributed by atoms with E-state index in [1.165, 1.54) is 23.3 Å². The summed E-state index contributed by atoms with van der Waals surface area (Å²) >= 11 is 0. The zero-order valence-corrected chi connectivity index (χ0v) is 26.3. The minimum atomic E-state index is -1.15.